The lowest BCUT2D eigenvalue weighted by molar-refractivity contribution is 0.178. The van der Waals surface area contributed by atoms with Crippen LogP contribution in [0.1, 0.15) is 56.6 Å². The predicted octanol–water partition coefficient (Wildman–Crippen LogP) is 5.37. The van der Waals surface area contributed by atoms with Gasteiger partial charge in [-0.2, -0.15) is 4.31 Å². The Morgan fingerprint density at radius 1 is 0.757 bits per heavy atom. The lowest BCUT2D eigenvalue weighted by atomic mass is 9.89. The lowest BCUT2D eigenvalue weighted by Gasteiger charge is -2.35. The first-order chi connectivity index (χ1) is 17.7. The largest absolute Gasteiger partial charge is 0.380 e. The number of methoxy groups -OCH3 is 2. The van der Waals surface area contributed by atoms with E-state index < -0.39 is 16.1 Å². The first-order valence-corrected chi connectivity index (χ1v) is 14.1. The molecule has 6 nitrogen and oxygen atoms in total. The molecule has 1 N–H and O–H groups in total. The van der Waals surface area contributed by atoms with Crippen molar-refractivity contribution < 1.29 is 17.9 Å². The van der Waals surface area contributed by atoms with Gasteiger partial charge in [-0.1, -0.05) is 60.7 Å². The summed E-state index contributed by atoms with van der Waals surface area (Å²) in [5, 5.41) is 3.38. The molecule has 0 fully saturated rings. The minimum absolute atomic E-state index is 0.108. The molecule has 0 aliphatic rings. The zero-order valence-corrected chi connectivity index (χ0v) is 23.9. The maximum Gasteiger partial charge on any atom is 0.218 e. The number of rotatable bonds is 12. The van der Waals surface area contributed by atoms with Crippen molar-refractivity contribution in [2.24, 2.45) is 0 Å². The van der Waals surface area contributed by atoms with Crippen LogP contribution in [0, 0.1) is 20.8 Å². The van der Waals surface area contributed by atoms with Crippen molar-refractivity contribution in [3.63, 3.8) is 0 Å². The molecule has 0 aliphatic heterocycles. The van der Waals surface area contributed by atoms with Crippen molar-refractivity contribution >= 4 is 10.0 Å². The molecule has 0 bridgehead atoms. The molecule has 0 spiro atoms. The lowest BCUT2D eigenvalue weighted by Crippen LogP contribution is -2.39. The minimum atomic E-state index is -3.73. The molecule has 2 atom stereocenters. The highest BCUT2D eigenvalue weighted by Gasteiger charge is 2.35. The van der Waals surface area contributed by atoms with Crippen LogP contribution in [-0.4, -0.2) is 41.0 Å². The fourth-order valence-electron chi connectivity index (χ4n) is 5.22. The van der Waals surface area contributed by atoms with Crippen LogP contribution < -0.4 is 5.32 Å². The van der Waals surface area contributed by atoms with Crippen LogP contribution in [0.25, 0.3) is 0 Å². The number of nitrogens with zero attached hydrogens (tertiary/aromatic N) is 1. The third-order valence-electron chi connectivity index (χ3n) is 7.38. The predicted molar refractivity (Wildman–Crippen MR) is 150 cm³/mol. The first-order valence-electron chi connectivity index (χ1n) is 12.5. The number of nitrogens with one attached hydrogen (secondary N) is 1. The fraction of sp³-hybridized carbons (Fsp3) is 0.400. The van der Waals surface area contributed by atoms with Gasteiger partial charge in [0.05, 0.1) is 31.1 Å². The van der Waals surface area contributed by atoms with Gasteiger partial charge in [-0.15, -0.1) is 0 Å². The normalized spacial score (nSPS) is 13.6. The van der Waals surface area contributed by atoms with Gasteiger partial charge >= 0.3 is 0 Å². The zero-order chi connectivity index (χ0) is 27.2. The number of benzene rings is 3. The van der Waals surface area contributed by atoms with Crippen molar-refractivity contribution in [3.8, 4) is 0 Å². The van der Waals surface area contributed by atoms with Gasteiger partial charge in [-0.25, -0.2) is 8.42 Å². The smallest absolute Gasteiger partial charge is 0.218 e. The molecule has 7 heteroatoms. The maximum absolute atomic E-state index is 14.1. The summed E-state index contributed by atoms with van der Waals surface area (Å²) in [5.41, 5.74) is 7.80. The van der Waals surface area contributed by atoms with E-state index in [1.54, 1.807) is 21.3 Å². The van der Waals surface area contributed by atoms with Crippen LogP contribution in [0.3, 0.4) is 0 Å². The molecule has 0 heterocycles. The highest BCUT2D eigenvalue weighted by Crippen LogP contribution is 2.37. The Kier molecular flexibility index (Phi) is 10.0. The summed E-state index contributed by atoms with van der Waals surface area (Å²) < 4.78 is 40.7. The molecule has 37 heavy (non-hydrogen) atoms. The number of ether oxygens (including phenoxy) is 2. The topological polar surface area (TPSA) is 67.9 Å². The van der Waals surface area contributed by atoms with Crippen molar-refractivity contribution in [3.05, 3.63) is 105 Å². The van der Waals surface area contributed by atoms with Gasteiger partial charge in [0.25, 0.3) is 0 Å². The molecule has 3 rings (SSSR count). The van der Waals surface area contributed by atoms with Gasteiger partial charge < -0.3 is 14.8 Å². The fourth-order valence-corrected chi connectivity index (χ4v) is 6.81. The summed E-state index contributed by atoms with van der Waals surface area (Å²) in [6.07, 6.45) is 0. The molecular weight excluding hydrogens is 484 g/mol. The monoisotopic (exact) mass is 524 g/mol. The van der Waals surface area contributed by atoms with Gasteiger partial charge in [0.15, 0.2) is 0 Å². The molecule has 0 saturated carbocycles. The highest BCUT2D eigenvalue weighted by molar-refractivity contribution is 7.88. The van der Waals surface area contributed by atoms with Gasteiger partial charge in [0.2, 0.25) is 10.0 Å². The number of hydrogen-bond acceptors (Lipinski definition) is 5. The van der Waals surface area contributed by atoms with E-state index >= 15 is 0 Å². The van der Waals surface area contributed by atoms with E-state index in [2.05, 4.69) is 12.2 Å². The minimum Gasteiger partial charge on any atom is -0.380 e. The van der Waals surface area contributed by atoms with Crippen LogP contribution in [0.5, 0.6) is 0 Å². The quantitative estimate of drug-likeness (QED) is 0.345. The van der Waals surface area contributed by atoms with Gasteiger partial charge in [0.1, 0.15) is 0 Å². The van der Waals surface area contributed by atoms with Crippen LogP contribution in [-0.2, 0) is 38.5 Å². The highest BCUT2D eigenvalue weighted by atomic mass is 32.2. The van der Waals surface area contributed by atoms with Crippen molar-refractivity contribution in [1.82, 2.24) is 9.62 Å². The molecule has 2 unspecified atom stereocenters. The third-order valence-corrected chi connectivity index (χ3v) is 9.14. The van der Waals surface area contributed by atoms with E-state index in [1.165, 1.54) is 4.31 Å². The Labute approximate surface area is 222 Å². The Morgan fingerprint density at radius 3 is 1.62 bits per heavy atom. The van der Waals surface area contributed by atoms with E-state index in [4.69, 9.17) is 9.47 Å². The molecule has 0 radical (unpaired) electrons. The molecule has 0 aromatic heterocycles. The standard InChI is InChI=1S/C30H40N2O4S/c1-21-26(18-35-6)22(2)28(23(3)27(21)19-36-7)20-37(33,34)32(5)30(25-16-12-9-13-17-25)29(31-4)24-14-10-8-11-15-24/h8-17,29-31H,18-20H2,1-7H3. The van der Waals surface area contributed by atoms with Gasteiger partial charge in [-0.05, 0) is 72.3 Å². The molecular formula is C30H40N2O4S. The van der Waals surface area contributed by atoms with Crippen LogP contribution in [0.15, 0.2) is 60.7 Å². The summed E-state index contributed by atoms with van der Waals surface area (Å²) in [5.74, 6) is -0.108. The number of sulfonamides is 1. The van der Waals surface area contributed by atoms with E-state index in [0.717, 1.165) is 44.5 Å². The first kappa shape index (κ1) is 29.0. The summed E-state index contributed by atoms with van der Waals surface area (Å²) in [7, 11) is 3.14. The second kappa shape index (κ2) is 12.8. The van der Waals surface area contributed by atoms with Crippen molar-refractivity contribution in [2.75, 3.05) is 28.3 Å². The van der Waals surface area contributed by atoms with E-state index in [9.17, 15) is 8.42 Å². The van der Waals surface area contributed by atoms with Crippen LogP contribution in [0.2, 0.25) is 0 Å². The average molecular weight is 525 g/mol. The van der Waals surface area contributed by atoms with Gasteiger partial charge in [0, 0.05) is 21.3 Å². The van der Waals surface area contributed by atoms with E-state index in [1.807, 2.05) is 81.6 Å². The Bertz CT molecular complexity index is 1240. The van der Waals surface area contributed by atoms with E-state index in [0.29, 0.717) is 13.2 Å². The number of hydrogen-bond donors (Lipinski definition) is 1. The third kappa shape index (κ3) is 6.30. The Balaban J connectivity index is 2.12. The SMILES string of the molecule is CNC(c1ccccc1)C(c1ccccc1)N(C)S(=O)(=O)Cc1c(C)c(COC)c(C)c(COC)c1C. The summed E-state index contributed by atoms with van der Waals surface area (Å²) in [4.78, 5) is 0. The summed E-state index contributed by atoms with van der Waals surface area (Å²) in [6.45, 7) is 6.87. The van der Waals surface area contributed by atoms with Crippen LogP contribution in [0.4, 0.5) is 0 Å². The Morgan fingerprint density at radius 2 is 1.19 bits per heavy atom. The van der Waals surface area contributed by atoms with Crippen LogP contribution >= 0.6 is 0 Å². The maximum atomic E-state index is 14.1. The Hall–Kier alpha value is -2.55. The molecule has 200 valence electrons. The molecule has 3 aromatic carbocycles. The van der Waals surface area contributed by atoms with Crippen molar-refractivity contribution in [1.29, 1.82) is 0 Å². The molecule has 0 amide bonds. The molecule has 0 saturated heterocycles. The summed E-state index contributed by atoms with van der Waals surface area (Å²) in [6, 6.07) is 19.1. The zero-order valence-electron chi connectivity index (χ0n) is 23.0. The van der Waals surface area contributed by atoms with Crippen molar-refractivity contribution in [2.45, 2.75) is 51.8 Å². The van der Waals surface area contributed by atoms with Gasteiger partial charge in [-0.3, -0.25) is 0 Å². The average Bonchev–Trinajstić information content (AvgIpc) is 2.90. The molecule has 3 aromatic rings. The van der Waals surface area contributed by atoms with E-state index in [-0.39, 0.29) is 11.8 Å². The second-order valence-corrected chi connectivity index (χ2v) is 11.5. The molecule has 0 aliphatic carbocycles. The number of likely N-dealkylation sites (N-methyl/N-ethyl adjacent to an activating group) is 2. The second-order valence-electron chi connectivity index (χ2n) is 9.48. The summed E-state index contributed by atoms with van der Waals surface area (Å²) >= 11 is 0.